The summed E-state index contributed by atoms with van der Waals surface area (Å²) in [6.45, 7) is 9.55. The summed E-state index contributed by atoms with van der Waals surface area (Å²) < 4.78 is 4.85. The van der Waals surface area contributed by atoms with Gasteiger partial charge >= 0.3 is 0 Å². The number of carbonyl (C=O) groups excluding carboxylic acids is 1. The topological polar surface area (TPSA) is 94.0 Å². The van der Waals surface area contributed by atoms with E-state index in [0.29, 0.717) is 24.7 Å². The Hall–Kier alpha value is -1.43. The number of aryl methyl sites for hydroxylation is 1. The summed E-state index contributed by atoms with van der Waals surface area (Å²) in [4.78, 5) is 16.1. The second kappa shape index (κ2) is 5.06. The summed E-state index contributed by atoms with van der Waals surface area (Å²) in [5.41, 5.74) is 4.78. The van der Waals surface area contributed by atoms with E-state index in [9.17, 15) is 4.79 Å². The molecule has 1 amide bonds. The van der Waals surface area contributed by atoms with Crippen LogP contribution in [0.4, 0.5) is 0 Å². The molecule has 0 atom stereocenters. The van der Waals surface area contributed by atoms with Gasteiger partial charge in [0.05, 0.1) is 5.41 Å². The van der Waals surface area contributed by atoms with Crippen molar-refractivity contribution in [1.82, 2.24) is 15.5 Å². The molecule has 0 aliphatic carbocycles. The average molecular weight is 254 g/mol. The molecule has 102 valence electrons. The molecule has 6 nitrogen and oxygen atoms in total. The Morgan fingerprint density at radius 1 is 1.39 bits per heavy atom. The zero-order valence-electron chi connectivity index (χ0n) is 11.7. The molecule has 1 aromatic heterocycles. The molecule has 1 aromatic rings. The molecule has 3 N–H and O–H groups in total. The van der Waals surface area contributed by atoms with Gasteiger partial charge in [-0.1, -0.05) is 5.16 Å². The van der Waals surface area contributed by atoms with Crippen LogP contribution in [0.15, 0.2) is 4.52 Å². The summed E-state index contributed by atoms with van der Waals surface area (Å²) >= 11 is 0. The second-order valence-corrected chi connectivity index (χ2v) is 5.58. The Bertz CT molecular complexity index is 418. The Morgan fingerprint density at radius 2 is 2.00 bits per heavy atom. The maximum absolute atomic E-state index is 12.1. The van der Waals surface area contributed by atoms with E-state index in [0.717, 1.165) is 0 Å². The van der Waals surface area contributed by atoms with Crippen LogP contribution in [0.5, 0.6) is 0 Å². The maximum atomic E-state index is 12.1. The number of nitrogens with two attached hydrogens (primary N) is 1. The first-order valence-corrected chi connectivity index (χ1v) is 6.01. The fraction of sp³-hybridized carbons (Fsp3) is 0.750. The monoisotopic (exact) mass is 254 g/mol. The molecular formula is C12H22N4O2. The fourth-order valence-electron chi connectivity index (χ4n) is 1.24. The minimum Gasteiger partial charge on any atom is -0.355 e. The van der Waals surface area contributed by atoms with E-state index in [1.165, 1.54) is 0 Å². The molecule has 0 saturated carbocycles. The van der Waals surface area contributed by atoms with Crippen molar-refractivity contribution in [2.24, 2.45) is 11.1 Å². The second-order valence-electron chi connectivity index (χ2n) is 5.58. The van der Waals surface area contributed by atoms with Gasteiger partial charge in [-0.3, -0.25) is 4.79 Å². The fourth-order valence-corrected chi connectivity index (χ4v) is 1.24. The summed E-state index contributed by atoms with van der Waals surface area (Å²) in [5, 5.41) is 6.61. The standard InChI is InChI=1S/C12H22N4O2/c1-8-15-9(16-18-8)6-7-14-10(17)11(2,3)12(4,5)13/h6-7,13H2,1-5H3,(H,14,17). The van der Waals surface area contributed by atoms with Gasteiger partial charge in [0.25, 0.3) is 0 Å². The number of amides is 1. The molecule has 0 fully saturated rings. The van der Waals surface area contributed by atoms with Crippen molar-refractivity contribution in [3.05, 3.63) is 11.7 Å². The lowest BCUT2D eigenvalue weighted by Crippen LogP contribution is -2.55. The largest absolute Gasteiger partial charge is 0.355 e. The number of nitrogens with one attached hydrogen (secondary N) is 1. The van der Waals surface area contributed by atoms with E-state index >= 15 is 0 Å². The van der Waals surface area contributed by atoms with Crippen LogP contribution in [-0.4, -0.2) is 28.1 Å². The van der Waals surface area contributed by atoms with Crippen molar-refractivity contribution in [1.29, 1.82) is 0 Å². The molecule has 1 rings (SSSR count). The van der Waals surface area contributed by atoms with Gasteiger partial charge in [-0.15, -0.1) is 0 Å². The lowest BCUT2D eigenvalue weighted by atomic mass is 9.74. The Balaban J connectivity index is 2.47. The molecule has 0 unspecified atom stereocenters. The number of hydrogen-bond acceptors (Lipinski definition) is 5. The van der Waals surface area contributed by atoms with Gasteiger partial charge in [-0.25, -0.2) is 0 Å². The lowest BCUT2D eigenvalue weighted by Gasteiger charge is -2.36. The number of carbonyl (C=O) groups is 1. The van der Waals surface area contributed by atoms with E-state index in [1.54, 1.807) is 6.92 Å². The molecule has 0 bridgehead atoms. The zero-order valence-corrected chi connectivity index (χ0v) is 11.7. The summed E-state index contributed by atoms with van der Waals surface area (Å²) in [6, 6.07) is 0. The molecule has 0 aliphatic rings. The van der Waals surface area contributed by atoms with Gasteiger partial charge in [0.2, 0.25) is 11.8 Å². The van der Waals surface area contributed by atoms with Crippen LogP contribution < -0.4 is 11.1 Å². The molecule has 6 heteroatoms. The molecule has 1 heterocycles. The van der Waals surface area contributed by atoms with Gasteiger partial charge in [0, 0.05) is 25.4 Å². The van der Waals surface area contributed by atoms with Crippen molar-refractivity contribution >= 4 is 5.91 Å². The predicted molar refractivity (Wildman–Crippen MR) is 67.8 cm³/mol. The van der Waals surface area contributed by atoms with Crippen LogP contribution in [-0.2, 0) is 11.2 Å². The third-order valence-corrected chi connectivity index (χ3v) is 3.38. The highest BCUT2D eigenvalue weighted by atomic mass is 16.5. The summed E-state index contributed by atoms with van der Waals surface area (Å²) in [7, 11) is 0. The molecule has 0 aliphatic heterocycles. The normalized spacial score (nSPS) is 12.6. The number of hydrogen-bond donors (Lipinski definition) is 2. The van der Waals surface area contributed by atoms with Gasteiger partial charge < -0.3 is 15.6 Å². The van der Waals surface area contributed by atoms with Crippen LogP contribution in [0.2, 0.25) is 0 Å². The van der Waals surface area contributed by atoms with E-state index in [-0.39, 0.29) is 5.91 Å². The van der Waals surface area contributed by atoms with Crippen molar-refractivity contribution < 1.29 is 9.32 Å². The Labute approximate surface area is 107 Å². The molecule has 18 heavy (non-hydrogen) atoms. The SMILES string of the molecule is Cc1nc(CCNC(=O)C(C)(C)C(C)(C)N)no1. The highest BCUT2D eigenvalue weighted by Crippen LogP contribution is 2.28. The first kappa shape index (κ1) is 14.6. The smallest absolute Gasteiger partial charge is 0.227 e. The molecule has 0 spiro atoms. The molecule has 0 radical (unpaired) electrons. The van der Waals surface area contributed by atoms with Crippen LogP contribution in [0, 0.1) is 12.3 Å². The minimum absolute atomic E-state index is 0.0739. The quantitative estimate of drug-likeness (QED) is 0.810. The molecule has 0 saturated heterocycles. The van der Waals surface area contributed by atoms with E-state index in [4.69, 9.17) is 10.3 Å². The van der Waals surface area contributed by atoms with E-state index in [1.807, 2.05) is 27.7 Å². The van der Waals surface area contributed by atoms with Gasteiger partial charge in [-0.05, 0) is 27.7 Å². The third-order valence-electron chi connectivity index (χ3n) is 3.38. The van der Waals surface area contributed by atoms with Gasteiger partial charge in [0.15, 0.2) is 5.82 Å². The van der Waals surface area contributed by atoms with Crippen molar-refractivity contribution in [3.63, 3.8) is 0 Å². The molecular weight excluding hydrogens is 232 g/mol. The first-order valence-electron chi connectivity index (χ1n) is 6.01. The highest BCUT2D eigenvalue weighted by Gasteiger charge is 2.40. The van der Waals surface area contributed by atoms with Crippen LogP contribution in [0.3, 0.4) is 0 Å². The van der Waals surface area contributed by atoms with Crippen molar-refractivity contribution in [3.8, 4) is 0 Å². The van der Waals surface area contributed by atoms with Crippen molar-refractivity contribution in [2.75, 3.05) is 6.54 Å². The predicted octanol–water partition coefficient (Wildman–Crippen LogP) is 0.800. The highest BCUT2D eigenvalue weighted by molar-refractivity contribution is 5.83. The Kier molecular flexibility index (Phi) is 4.11. The van der Waals surface area contributed by atoms with Crippen LogP contribution in [0.25, 0.3) is 0 Å². The number of aromatic nitrogens is 2. The number of nitrogens with zero attached hydrogens (tertiary/aromatic N) is 2. The Morgan fingerprint density at radius 3 is 2.44 bits per heavy atom. The van der Waals surface area contributed by atoms with E-state index in [2.05, 4.69) is 15.5 Å². The number of rotatable bonds is 5. The van der Waals surface area contributed by atoms with Gasteiger partial charge in [0.1, 0.15) is 0 Å². The van der Waals surface area contributed by atoms with Crippen LogP contribution >= 0.6 is 0 Å². The summed E-state index contributed by atoms with van der Waals surface area (Å²) in [6.07, 6.45) is 0.546. The van der Waals surface area contributed by atoms with Crippen molar-refractivity contribution in [2.45, 2.75) is 46.6 Å². The van der Waals surface area contributed by atoms with Crippen LogP contribution in [0.1, 0.15) is 39.4 Å². The lowest BCUT2D eigenvalue weighted by molar-refractivity contribution is -0.132. The van der Waals surface area contributed by atoms with E-state index < -0.39 is 11.0 Å². The molecule has 0 aromatic carbocycles. The average Bonchev–Trinajstić information content (AvgIpc) is 2.62. The maximum Gasteiger partial charge on any atom is 0.227 e. The first-order chi connectivity index (χ1) is 8.14. The van der Waals surface area contributed by atoms with Gasteiger partial charge in [-0.2, -0.15) is 4.98 Å². The summed E-state index contributed by atoms with van der Waals surface area (Å²) in [5.74, 6) is 1.05. The third kappa shape index (κ3) is 3.29. The zero-order chi connectivity index (χ0) is 14.0. The minimum atomic E-state index is -0.639.